The topological polar surface area (TPSA) is 56.8 Å². The molecule has 2 unspecified atom stereocenters. The lowest BCUT2D eigenvalue weighted by Gasteiger charge is -2.19. The summed E-state index contributed by atoms with van der Waals surface area (Å²) in [6.07, 6.45) is 0.821. The quantitative estimate of drug-likeness (QED) is 0.916. The summed E-state index contributed by atoms with van der Waals surface area (Å²) in [6, 6.07) is 11.7. The first kappa shape index (κ1) is 16.8. The van der Waals surface area contributed by atoms with E-state index in [2.05, 4.69) is 12.2 Å². The summed E-state index contributed by atoms with van der Waals surface area (Å²) in [5, 5.41) is 3.00. The number of amides is 1. The van der Waals surface area contributed by atoms with E-state index in [4.69, 9.17) is 14.2 Å². The smallest absolute Gasteiger partial charge is 0.255 e. The molecule has 0 aromatic heterocycles. The zero-order valence-electron chi connectivity index (χ0n) is 15.1. The van der Waals surface area contributed by atoms with Crippen molar-refractivity contribution in [2.75, 3.05) is 19.8 Å². The van der Waals surface area contributed by atoms with Gasteiger partial charge in [-0.1, -0.05) is 25.1 Å². The normalized spacial score (nSPS) is 20.2. The number of hydrogen-bond acceptors (Lipinski definition) is 4. The zero-order chi connectivity index (χ0) is 18.1. The monoisotopic (exact) mass is 353 g/mol. The lowest BCUT2D eigenvalue weighted by Crippen LogP contribution is -2.26. The van der Waals surface area contributed by atoms with Gasteiger partial charge in [0.05, 0.1) is 5.56 Å². The molecule has 0 aliphatic carbocycles. The maximum absolute atomic E-state index is 12.6. The van der Waals surface area contributed by atoms with Crippen molar-refractivity contribution in [1.82, 2.24) is 5.32 Å². The largest absolute Gasteiger partial charge is 0.489 e. The van der Waals surface area contributed by atoms with Crippen LogP contribution in [0.2, 0.25) is 0 Å². The Morgan fingerprint density at radius 1 is 1.12 bits per heavy atom. The van der Waals surface area contributed by atoms with Crippen molar-refractivity contribution in [3.05, 3.63) is 53.1 Å². The van der Waals surface area contributed by atoms with Crippen LogP contribution in [0.5, 0.6) is 17.2 Å². The van der Waals surface area contributed by atoms with Crippen molar-refractivity contribution < 1.29 is 19.0 Å². The van der Waals surface area contributed by atoms with E-state index in [9.17, 15) is 4.79 Å². The molecule has 0 bridgehead atoms. The van der Waals surface area contributed by atoms with Gasteiger partial charge >= 0.3 is 0 Å². The highest BCUT2D eigenvalue weighted by Crippen LogP contribution is 2.40. The summed E-state index contributed by atoms with van der Waals surface area (Å²) in [6.45, 7) is 5.87. The molecule has 0 spiro atoms. The van der Waals surface area contributed by atoms with Crippen molar-refractivity contribution in [3.63, 3.8) is 0 Å². The Kier molecular flexibility index (Phi) is 4.45. The Bertz CT molecular complexity index is 833. The van der Waals surface area contributed by atoms with Crippen LogP contribution >= 0.6 is 0 Å². The van der Waals surface area contributed by atoms with Crippen LogP contribution in [0.1, 0.15) is 41.3 Å². The minimum absolute atomic E-state index is 0.0941. The fraction of sp³-hybridized carbons (Fsp3) is 0.381. The van der Waals surface area contributed by atoms with Gasteiger partial charge in [-0.05, 0) is 37.1 Å². The van der Waals surface area contributed by atoms with E-state index >= 15 is 0 Å². The number of ether oxygens (including phenoxy) is 3. The SMILES string of the molecule is CC1Oc2c(C(=O)NCCc3ccc4c(c3)OCCO4)cccc2C1C. The first-order valence-electron chi connectivity index (χ1n) is 9.10. The maximum atomic E-state index is 12.6. The third-order valence-electron chi connectivity index (χ3n) is 5.09. The van der Waals surface area contributed by atoms with Gasteiger partial charge in [0.15, 0.2) is 11.5 Å². The number of carbonyl (C=O) groups is 1. The highest BCUT2D eigenvalue weighted by Gasteiger charge is 2.30. The first-order chi connectivity index (χ1) is 12.6. The third kappa shape index (κ3) is 3.09. The molecule has 136 valence electrons. The maximum Gasteiger partial charge on any atom is 0.255 e. The highest BCUT2D eigenvalue weighted by molar-refractivity contribution is 5.97. The van der Waals surface area contributed by atoms with Crippen LogP contribution in [0.15, 0.2) is 36.4 Å². The lowest BCUT2D eigenvalue weighted by atomic mass is 9.97. The second kappa shape index (κ2) is 6.90. The van der Waals surface area contributed by atoms with E-state index in [1.807, 2.05) is 43.3 Å². The number of rotatable bonds is 4. The molecule has 4 rings (SSSR count). The molecule has 1 N–H and O–H groups in total. The Morgan fingerprint density at radius 2 is 1.92 bits per heavy atom. The number of para-hydroxylation sites is 1. The molecule has 2 aromatic carbocycles. The van der Waals surface area contributed by atoms with E-state index in [1.54, 1.807) is 0 Å². The summed E-state index contributed by atoms with van der Waals surface area (Å²) in [7, 11) is 0. The van der Waals surface area contributed by atoms with Crippen molar-refractivity contribution in [1.29, 1.82) is 0 Å². The van der Waals surface area contributed by atoms with Gasteiger partial charge in [-0.3, -0.25) is 4.79 Å². The van der Waals surface area contributed by atoms with Crippen molar-refractivity contribution in [3.8, 4) is 17.2 Å². The number of fused-ring (bicyclic) bond motifs is 2. The molecule has 5 heteroatoms. The van der Waals surface area contributed by atoms with Crippen LogP contribution in [0, 0.1) is 0 Å². The highest BCUT2D eigenvalue weighted by atomic mass is 16.6. The Hall–Kier alpha value is -2.69. The van der Waals surface area contributed by atoms with Gasteiger partial charge in [0, 0.05) is 18.0 Å². The average molecular weight is 353 g/mol. The van der Waals surface area contributed by atoms with Crippen LogP contribution in [-0.2, 0) is 6.42 Å². The third-order valence-corrected chi connectivity index (χ3v) is 5.09. The summed E-state index contributed by atoms with van der Waals surface area (Å²) in [5.74, 6) is 2.49. The minimum atomic E-state index is -0.0966. The van der Waals surface area contributed by atoms with E-state index in [0.29, 0.717) is 31.2 Å². The van der Waals surface area contributed by atoms with Crippen molar-refractivity contribution in [2.45, 2.75) is 32.3 Å². The Balaban J connectivity index is 1.40. The van der Waals surface area contributed by atoms with Crippen LogP contribution in [0.25, 0.3) is 0 Å². The van der Waals surface area contributed by atoms with Gasteiger partial charge in [-0.15, -0.1) is 0 Å². The molecule has 5 nitrogen and oxygen atoms in total. The average Bonchev–Trinajstić information content (AvgIpc) is 2.96. The molecule has 2 aliphatic rings. The van der Waals surface area contributed by atoms with Gasteiger partial charge in [0.25, 0.3) is 5.91 Å². The van der Waals surface area contributed by atoms with Crippen LogP contribution < -0.4 is 19.5 Å². The minimum Gasteiger partial charge on any atom is -0.489 e. The van der Waals surface area contributed by atoms with E-state index in [-0.39, 0.29) is 12.0 Å². The fourth-order valence-electron chi connectivity index (χ4n) is 3.42. The van der Waals surface area contributed by atoms with Gasteiger partial charge in [-0.2, -0.15) is 0 Å². The molecule has 0 saturated heterocycles. The van der Waals surface area contributed by atoms with Gasteiger partial charge in [-0.25, -0.2) is 0 Å². The van der Waals surface area contributed by atoms with Crippen molar-refractivity contribution in [2.24, 2.45) is 0 Å². The number of carbonyl (C=O) groups excluding carboxylic acids is 1. The molecular formula is C21H23NO4. The van der Waals surface area contributed by atoms with Crippen LogP contribution in [0.4, 0.5) is 0 Å². The number of benzene rings is 2. The molecule has 2 heterocycles. The predicted octanol–water partition coefficient (Wildman–Crippen LogP) is 3.31. The summed E-state index contributed by atoms with van der Waals surface area (Å²) in [5.41, 5.74) is 2.82. The van der Waals surface area contributed by atoms with E-state index < -0.39 is 0 Å². The van der Waals surface area contributed by atoms with Gasteiger partial charge < -0.3 is 19.5 Å². The number of hydrogen-bond donors (Lipinski definition) is 1. The predicted molar refractivity (Wildman–Crippen MR) is 98.4 cm³/mol. The van der Waals surface area contributed by atoms with E-state index in [0.717, 1.165) is 34.8 Å². The summed E-state index contributed by atoms with van der Waals surface area (Å²) >= 11 is 0. The molecule has 0 saturated carbocycles. The first-order valence-corrected chi connectivity index (χ1v) is 9.10. The molecular weight excluding hydrogens is 330 g/mol. The summed E-state index contributed by atoms with van der Waals surface area (Å²) in [4.78, 5) is 12.6. The van der Waals surface area contributed by atoms with Crippen LogP contribution in [0.3, 0.4) is 0 Å². The molecule has 2 atom stereocenters. The molecule has 0 fully saturated rings. The van der Waals surface area contributed by atoms with Gasteiger partial charge in [0.1, 0.15) is 25.1 Å². The lowest BCUT2D eigenvalue weighted by molar-refractivity contribution is 0.0949. The molecule has 2 aliphatic heterocycles. The van der Waals surface area contributed by atoms with Crippen LogP contribution in [-0.4, -0.2) is 31.8 Å². The summed E-state index contributed by atoms with van der Waals surface area (Å²) < 4.78 is 17.0. The molecule has 0 radical (unpaired) electrons. The molecule has 1 amide bonds. The Morgan fingerprint density at radius 3 is 2.77 bits per heavy atom. The van der Waals surface area contributed by atoms with Gasteiger partial charge in [0.2, 0.25) is 0 Å². The van der Waals surface area contributed by atoms with Crippen molar-refractivity contribution >= 4 is 5.91 Å². The Labute approximate surface area is 153 Å². The standard InChI is InChI=1S/C21H23NO4/c1-13-14(2)26-20-16(13)4-3-5-17(20)21(23)22-9-8-15-6-7-18-19(12-15)25-11-10-24-18/h3-7,12-14H,8-11H2,1-2H3,(H,22,23). The second-order valence-electron chi connectivity index (χ2n) is 6.82. The zero-order valence-corrected chi connectivity index (χ0v) is 15.1. The van der Waals surface area contributed by atoms with E-state index in [1.165, 1.54) is 0 Å². The number of nitrogens with one attached hydrogen (secondary N) is 1. The molecule has 26 heavy (non-hydrogen) atoms. The molecule has 2 aromatic rings. The second-order valence-corrected chi connectivity index (χ2v) is 6.82. The fourth-order valence-corrected chi connectivity index (χ4v) is 3.42.